The Kier molecular flexibility index (Phi) is 5.72. The van der Waals surface area contributed by atoms with Crippen molar-refractivity contribution in [1.82, 2.24) is 0 Å². The summed E-state index contributed by atoms with van der Waals surface area (Å²) in [6, 6.07) is 0. The minimum Gasteiger partial charge on any atom is -0.479 e. The van der Waals surface area contributed by atoms with Crippen LogP contribution >= 0.6 is 0 Å². The Hall–Kier alpha value is -0.610. The molecular weight excluding hydrogens is 184 g/mol. The average molecular weight is 204 g/mol. The highest BCUT2D eigenvalue weighted by Crippen LogP contribution is 2.19. The zero-order valence-electron chi connectivity index (χ0n) is 9.37. The summed E-state index contributed by atoms with van der Waals surface area (Å²) in [7, 11) is 1.55. The first-order valence-corrected chi connectivity index (χ1v) is 4.86. The molecular formula is C10H20O4. The summed E-state index contributed by atoms with van der Waals surface area (Å²) in [4.78, 5) is 11.0. The Bertz CT molecular complexity index is 181. The molecule has 2 unspecified atom stereocenters. The van der Waals surface area contributed by atoms with E-state index in [0.717, 1.165) is 6.42 Å². The van der Waals surface area contributed by atoms with Crippen LogP contribution in [0.25, 0.3) is 0 Å². The van der Waals surface area contributed by atoms with Gasteiger partial charge in [-0.15, -0.1) is 0 Å². The van der Waals surface area contributed by atoms with Gasteiger partial charge in [-0.25, -0.2) is 4.79 Å². The lowest BCUT2D eigenvalue weighted by molar-refractivity contribution is -0.172. The van der Waals surface area contributed by atoms with E-state index in [1.165, 1.54) is 0 Å². The third-order valence-electron chi connectivity index (χ3n) is 2.27. The molecule has 0 saturated heterocycles. The second-order valence-corrected chi connectivity index (χ2v) is 3.62. The fourth-order valence-corrected chi connectivity index (χ4v) is 1.04. The maximum Gasteiger partial charge on any atom is 0.335 e. The van der Waals surface area contributed by atoms with Crippen molar-refractivity contribution in [2.75, 3.05) is 13.7 Å². The Labute approximate surface area is 85.2 Å². The SMILES string of the molecule is CCC(C)OC(C)(CCOC)C(=O)O. The lowest BCUT2D eigenvalue weighted by Gasteiger charge is -2.28. The van der Waals surface area contributed by atoms with Gasteiger partial charge in [0.2, 0.25) is 0 Å². The molecule has 1 N–H and O–H groups in total. The Balaban J connectivity index is 4.31. The van der Waals surface area contributed by atoms with E-state index >= 15 is 0 Å². The van der Waals surface area contributed by atoms with E-state index in [2.05, 4.69) is 0 Å². The quantitative estimate of drug-likeness (QED) is 0.685. The zero-order chi connectivity index (χ0) is 11.2. The number of carboxylic acids is 1. The van der Waals surface area contributed by atoms with E-state index in [-0.39, 0.29) is 6.10 Å². The Morgan fingerprint density at radius 1 is 1.57 bits per heavy atom. The molecule has 0 radical (unpaired) electrons. The zero-order valence-corrected chi connectivity index (χ0v) is 9.37. The molecule has 0 aliphatic rings. The van der Waals surface area contributed by atoms with Gasteiger partial charge < -0.3 is 14.6 Å². The summed E-state index contributed by atoms with van der Waals surface area (Å²) >= 11 is 0. The standard InChI is InChI=1S/C10H20O4/c1-5-8(2)14-10(3,9(11)12)6-7-13-4/h8H,5-7H2,1-4H3,(H,11,12). The number of carboxylic acid groups (broad SMARTS) is 1. The Morgan fingerprint density at radius 3 is 2.50 bits per heavy atom. The van der Waals surface area contributed by atoms with E-state index in [0.29, 0.717) is 13.0 Å². The minimum absolute atomic E-state index is 0.0482. The molecule has 0 spiro atoms. The molecule has 0 aliphatic heterocycles. The van der Waals surface area contributed by atoms with Crippen LogP contribution in [-0.2, 0) is 14.3 Å². The fourth-order valence-electron chi connectivity index (χ4n) is 1.04. The third kappa shape index (κ3) is 4.07. The topological polar surface area (TPSA) is 55.8 Å². The molecule has 0 fully saturated rings. The molecule has 84 valence electrons. The van der Waals surface area contributed by atoms with Gasteiger partial charge in [0.1, 0.15) is 0 Å². The predicted molar refractivity (Wildman–Crippen MR) is 53.4 cm³/mol. The van der Waals surface area contributed by atoms with Crippen molar-refractivity contribution in [3.8, 4) is 0 Å². The van der Waals surface area contributed by atoms with Crippen LogP contribution in [0.2, 0.25) is 0 Å². The highest BCUT2D eigenvalue weighted by Gasteiger charge is 2.35. The van der Waals surface area contributed by atoms with E-state index in [4.69, 9.17) is 14.6 Å². The van der Waals surface area contributed by atoms with E-state index in [1.807, 2.05) is 13.8 Å². The molecule has 0 aromatic rings. The van der Waals surface area contributed by atoms with Crippen LogP contribution in [0.15, 0.2) is 0 Å². The number of carbonyl (C=O) groups is 1. The molecule has 0 saturated carbocycles. The average Bonchev–Trinajstić information content (AvgIpc) is 2.14. The van der Waals surface area contributed by atoms with Gasteiger partial charge in [-0.2, -0.15) is 0 Å². The molecule has 0 rings (SSSR count). The Morgan fingerprint density at radius 2 is 2.14 bits per heavy atom. The van der Waals surface area contributed by atoms with Gasteiger partial charge in [-0.05, 0) is 20.3 Å². The number of methoxy groups -OCH3 is 1. The van der Waals surface area contributed by atoms with Crippen LogP contribution in [0.4, 0.5) is 0 Å². The lowest BCUT2D eigenvalue weighted by atomic mass is 10.0. The highest BCUT2D eigenvalue weighted by molar-refractivity contribution is 5.76. The first kappa shape index (κ1) is 13.4. The van der Waals surface area contributed by atoms with Crippen molar-refractivity contribution in [3.05, 3.63) is 0 Å². The summed E-state index contributed by atoms with van der Waals surface area (Å²) in [5.74, 6) is -0.935. The number of hydrogen-bond acceptors (Lipinski definition) is 3. The number of hydrogen-bond donors (Lipinski definition) is 1. The van der Waals surface area contributed by atoms with Crippen LogP contribution in [0.3, 0.4) is 0 Å². The summed E-state index contributed by atoms with van der Waals surface area (Å²) in [5.41, 5.74) is -1.13. The third-order valence-corrected chi connectivity index (χ3v) is 2.27. The van der Waals surface area contributed by atoms with Gasteiger partial charge >= 0.3 is 5.97 Å². The first-order valence-electron chi connectivity index (χ1n) is 4.86. The summed E-state index contributed by atoms with van der Waals surface area (Å²) in [6.07, 6.45) is 1.12. The minimum atomic E-state index is -1.13. The van der Waals surface area contributed by atoms with Crippen LogP contribution in [0.5, 0.6) is 0 Å². The van der Waals surface area contributed by atoms with Gasteiger partial charge in [0, 0.05) is 20.1 Å². The van der Waals surface area contributed by atoms with Crippen molar-refractivity contribution in [1.29, 1.82) is 0 Å². The van der Waals surface area contributed by atoms with E-state index < -0.39 is 11.6 Å². The van der Waals surface area contributed by atoms with Crippen molar-refractivity contribution in [3.63, 3.8) is 0 Å². The van der Waals surface area contributed by atoms with Gasteiger partial charge in [0.05, 0.1) is 6.10 Å². The van der Waals surface area contributed by atoms with Crippen LogP contribution < -0.4 is 0 Å². The summed E-state index contributed by atoms with van der Waals surface area (Å²) < 4.78 is 10.3. The van der Waals surface area contributed by atoms with Crippen LogP contribution in [0.1, 0.15) is 33.6 Å². The fraction of sp³-hybridized carbons (Fsp3) is 0.900. The summed E-state index contributed by atoms with van der Waals surface area (Å²) in [6.45, 7) is 5.80. The van der Waals surface area contributed by atoms with Crippen molar-refractivity contribution >= 4 is 5.97 Å². The predicted octanol–water partition coefficient (Wildman–Crippen LogP) is 1.68. The van der Waals surface area contributed by atoms with Gasteiger partial charge in [0.25, 0.3) is 0 Å². The van der Waals surface area contributed by atoms with Gasteiger partial charge in [-0.1, -0.05) is 6.92 Å². The number of aliphatic carboxylic acids is 1. The van der Waals surface area contributed by atoms with Crippen LogP contribution in [-0.4, -0.2) is 36.5 Å². The van der Waals surface area contributed by atoms with E-state index in [1.54, 1.807) is 14.0 Å². The van der Waals surface area contributed by atoms with E-state index in [9.17, 15) is 4.79 Å². The normalized spacial score (nSPS) is 17.4. The van der Waals surface area contributed by atoms with Crippen molar-refractivity contribution in [2.45, 2.75) is 45.3 Å². The molecule has 0 aromatic carbocycles. The molecule has 0 bridgehead atoms. The smallest absolute Gasteiger partial charge is 0.335 e. The lowest BCUT2D eigenvalue weighted by Crippen LogP contribution is -2.41. The number of ether oxygens (including phenoxy) is 2. The largest absolute Gasteiger partial charge is 0.479 e. The molecule has 4 heteroatoms. The molecule has 0 aromatic heterocycles. The van der Waals surface area contributed by atoms with Gasteiger partial charge in [0.15, 0.2) is 5.60 Å². The first-order chi connectivity index (χ1) is 6.46. The molecule has 0 aliphatic carbocycles. The highest BCUT2D eigenvalue weighted by atomic mass is 16.5. The molecule has 0 amide bonds. The second-order valence-electron chi connectivity index (χ2n) is 3.62. The monoisotopic (exact) mass is 204 g/mol. The molecule has 2 atom stereocenters. The van der Waals surface area contributed by atoms with Crippen LogP contribution in [0, 0.1) is 0 Å². The maximum absolute atomic E-state index is 11.0. The second kappa shape index (κ2) is 5.98. The summed E-state index contributed by atoms with van der Waals surface area (Å²) in [5, 5.41) is 9.02. The maximum atomic E-state index is 11.0. The molecule has 0 heterocycles. The molecule has 4 nitrogen and oxygen atoms in total. The molecule has 14 heavy (non-hydrogen) atoms. The van der Waals surface area contributed by atoms with Crippen molar-refractivity contribution in [2.24, 2.45) is 0 Å². The number of rotatable bonds is 7. The van der Waals surface area contributed by atoms with Gasteiger partial charge in [-0.3, -0.25) is 0 Å². The van der Waals surface area contributed by atoms with Crippen molar-refractivity contribution < 1.29 is 19.4 Å².